The molecule has 0 spiro atoms. The molecule has 0 aromatic heterocycles. The van der Waals surface area contributed by atoms with E-state index < -0.39 is 12.1 Å². The predicted octanol–water partition coefficient (Wildman–Crippen LogP) is 4.62. The van der Waals surface area contributed by atoms with Crippen molar-refractivity contribution in [3.63, 3.8) is 0 Å². The topological polar surface area (TPSA) is 63.6 Å². The average Bonchev–Trinajstić information content (AvgIpc) is 2.54. The van der Waals surface area contributed by atoms with E-state index in [1.807, 2.05) is 13.8 Å². The number of benzene rings is 1. The van der Waals surface area contributed by atoms with Gasteiger partial charge in [-0.1, -0.05) is 11.6 Å². The molecule has 1 atom stereocenters. The molecular formula is C20H26O4. The summed E-state index contributed by atoms with van der Waals surface area (Å²) in [6, 6.07) is 3.54. The minimum absolute atomic E-state index is 0.00108. The molecule has 0 fully saturated rings. The van der Waals surface area contributed by atoms with Crippen molar-refractivity contribution in [3.05, 3.63) is 40.5 Å². The van der Waals surface area contributed by atoms with Crippen LogP contribution in [-0.4, -0.2) is 23.0 Å². The maximum absolute atomic E-state index is 11.6. The van der Waals surface area contributed by atoms with Gasteiger partial charge in [-0.05, 0) is 82.6 Å². The van der Waals surface area contributed by atoms with Crippen LogP contribution in [0.1, 0.15) is 66.9 Å². The molecule has 0 bridgehead atoms. The van der Waals surface area contributed by atoms with Gasteiger partial charge in [0, 0.05) is 5.56 Å². The zero-order chi connectivity index (χ0) is 17.7. The predicted molar refractivity (Wildman–Crippen MR) is 93.8 cm³/mol. The number of aryl methyl sites for hydroxylation is 2. The Bertz CT molecular complexity index is 658. The van der Waals surface area contributed by atoms with E-state index in [2.05, 4.69) is 6.08 Å². The Balaban J connectivity index is 2.10. The number of hydrogen-bond donors (Lipinski definition) is 1. The van der Waals surface area contributed by atoms with Crippen LogP contribution in [0.25, 0.3) is 0 Å². The molecule has 1 N–H and O–H groups in total. The minimum Gasteiger partial charge on any atom is -0.479 e. The van der Waals surface area contributed by atoms with E-state index in [-0.39, 0.29) is 5.78 Å². The van der Waals surface area contributed by atoms with Crippen LogP contribution in [0.4, 0.5) is 0 Å². The molecule has 130 valence electrons. The number of ketones is 1. The summed E-state index contributed by atoms with van der Waals surface area (Å²) in [5.74, 6) is -0.400. The number of allylic oxidation sites excluding steroid dienone is 2. The molecule has 2 rings (SSSR count). The first kappa shape index (κ1) is 18.2. The number of hydrogen-bond acceptors (Lipinski definition) is 3. The summed E-state index contributed by atoms with van der Waals surface area (Å²) in [6.45, 7) is 5.20. The van der Waals surface area contributed by atoms with Crippen LogP contribution in [-0.2, 0) is 4.79 Å². The van der Waals surface area contributed by atoms with Crippen molar-refractivity contribution in [2.24, 2.45) is 0 Å². The number of rotatable bonds is 7. The number of carboxylic acid groups (broad SMARTS) is 1. The number of carbonyl (C=O) groups excluding carboxylic acids is 1. The monoisotopic (exact) mass is 330 g/mol. The third-order valence-electron chi connectivity index (χ3n) is 4.56. The summed E-state index contributed by atoms with van der Waals surface area (Å²) in [5.41, 5.74) is 3.59. The quantitative estimate of drug-likeness (QED) is 0.585. The number of carbonyl (C=O) groups is 2. The summed E-state index contributed by atoms with van der Waals surface area (Å²) in [7, 11) is 0. The second-order valence-electron chi connectivity index (χ2n) is 6.58. The smallest absolute Gasteiger partial charge is 0.344 e. The number of aliphatic carboxylic acids is 1. The highest BCUT2D eigenvalue weighted by Crippen LogP contribution is 2.27. The lowest BCUT2D eigenvalue weighted by atomic mass is 9.95. The fourth-order valence-electron chi connectivity index (χ4n) is 3.13. The highest BCUT2D eigenvalue weighted by Gasteiger charge is 2.21. The molecule has 1 aromatic carbocycles. The zero-order valence-electron chi connectivity index (χ0n) is 14.7. The molecule has 1 aliphatic carbocycles. The minimum atomic E-state index is -0.945. The van der Waals surface area contributed by atoms with Crippen LogP contribution in [0.15, 0.2) is 23.8 Å². The summed E-state index contributed by atoms with van der Waals surface area (Å²) in [5, 5.41) is 9.47. The van der Waals surface area contributed by atoms with Gasteiger partial charge in [0.15, 0.2) is 11.9 Å². The van der Waals surface area contributed by atoms with E-state index in [1.54, 1.807) is 12.1 Å². The van der Waals surface area contributed by atoms with Crippen molar-refractivity contribution in [2.45, 2.75) is 65.4 Å². The van der Waals surface area contributed by atoms with Crippen LogP contribution >= 0.6 is 0 Å². The van der Waals surface area contributed by atoms with Gasteiger partial charge in [-0.3, -0.25) is 4.79 Å². The Labute approximate surface area is 143 Å². The molecule has 24 heavy (non-hydrogen) atoms. The average molecular weight is 330 g/mol. The van der Waals surface area contributed by atoms with Crippen molar-refractivity contribution in [2.75, 3.05) is 0 Å². The molecule has 1 unspecified atom stereocenters. The maximum Gasteiger partial charge on any atom is 0.344 e. The molecular weight excluding hydrogens is 304 g/mol. The molecule has 1 aliphatic rings. The molecule has 0 amide bonds. The number of carboxylic acids is 1. The lowest BCUT2D eigenvalue weighted by molar-refractivity contribution is -0.145. The SMILES string of the molecule is CC(=O)c1cc(C)c(OC(CCC2=CCCCC2)C(=O)O)cc1C. The van der Waals surface area contributed by atoms with Crippen molar-refractivity contribution in [1.29, 1.82) is 0 Å². The van der Waals surface area contributed by atoms with Gasteiger partial charge < -0.3 is 9.84 Å². The fourth-order valence-corrected chi connectivity index (χ4v) is 3.13. The maximum atomic E-state index is 11.6. The summed E-state index contributed by atoms with van der Waals surface area (Å²) < 4.78 is 5.78. The molecule has 0 saturated carbocycles. The van der Waals surface area contributed by atoms with Crippen LogP contribution < -0.4 is 4.74 Å². The van der Waals surface area contributed by atoms with Gasteiger partial charge in [-0.2, -0.15) is 0 Å². The van der Waals surface area contributed by atoms with E-state index in [1.165, 1.54) is 25.3 Å². The normalized spacial score (nSPS) is 15.5. The first-order valence-electron chi connectivity index (χ1n) is 8.58. The van der Waals surface area contributed by atoms with Gasteiger partial charge in [-0.15, -0.1) is 0 Å². The van der Waals surface area contributed by atoms with E-state index >= 15 is 0 Å². The van der Waals surface area contributed by atoms with Gasteiger partial charge in [0.05, 0.1) is 0 Å². The van der Waals surface area contributed by atoms with Crippen LogP contribution in [0.2, 0.25) is 0 Å². The molecule has 0 heterocycles. The van der Waals surface area contributed by atoms with E-state index in [0.29, 0.717) is 17.7 Å². The zero-order valence-corrected chi connectivity index (χ0v) is 14.7. The molecule has 4 heteroatoms. The fraction of sp³-hybridized carbons (Fsp3) is 0.500. The van der Waals surface area contributed by atoms with Crippen LogP contribution in [0, 0.1) is 13.8 Å². The number of Topliss-reactive ketones (excluding diaryl/α,β-unsaturated/α-hetero) is 1. The van der Waals surface area contributed by atoms with E-state index in [0.717, 1.165) is 30.4 Å². The first-order valence-corrected chi connectivity index (χ1v) is 8.58. The molecule has 4 nitrogen and oxygen atoms in total. The first-order chi connectivity index (χ1) is 11.4. The standard InChI is InChI=1S/C20H26O4/c1-13-12-19(14(2)11-17(13)15(3)21)24-18(20(22)23)10-9-16-7-5-4-6-8-16/h7,11-12,18H,4-6,8-10H2,1-3H3,(H,22,23). The molecule has 0 radical (unpaired) electrons. The van der Waals surface area contributed by atoms with Crippen molar-refractivity contribution in [1.82, 2.24) is 0 Å². The number of ether oxygens (including phenoxy) is 1. The lowest BCUT2D eigenvalue weighted by Crippen LogP contribution is -2.27. The lowest BCUT2D eigenvalue weighted by Gasteiger charge is -2.19. The second kappa shape index (κ2) is 8.13. The Morgan fingerprint density at radius 2 is 1.96 bits per heavy atom. The Hall–Kier alpha value is -2.10. The van der Waals surface area contributed by atoms with Crippen molar-refractivity contribution in [3.8, 4) is 5.75 Å². The van der Waals surface area contributed by atoms with Crippen LogP contribution in [0.5, 0.6) is 5.75 Å². The van der Waals surface area contributed by atoms with Gasteiger partial charge in [-0.25, -0.2) is 4.79 Å². The third kappa shape index (κ3) is 4.70. The summed E-state index contributed by atoms with van der Waals surface area (Å²) in [6.07, 6.45) is 7.18. The highest BCUT2D eigenvalue weighted by molar-refractivity contribution is 5.96. The molecule has 0 aliphatic heterocycles. The van der Waals surface area contributed by atoms with Crippen molar-refractivity contribution < 1.29 is 19.4 Å². The van der Waals surface area contributed by atoms with E-state index in [4.69, 9.17) is 4.74 Å². The van der Waals surface area contributed by atoms with Crippen molar-refractivity contribution >= 4 is 11.8 Å². The second-order valence-corrected chi connectivity index (χ2v) is 6.58. The molecule has 0 saturated heterocycles. The summed E-state index contributed by atoms with van der Waals surface area (Å²) >= 11 is 0. The van der Waals surface area contributed by atoms with E-state index in [9.17, 15) is 14.7 Å². The van der Waals surface area contributed by atoms with Gasteiger partial charge >= 0.3 is 5.97 Å². The third-order valence-corrected chi connectivity index (χ3v) is 4.56. The van der Waals surface area contributed by atoms with Gasteiger partial charge in [0.25, 0.3) is 0 Å². The largest absolute Gasteiger partial charge is 0.479 e. The summed E-state index contributed by atoms with van der Waals surface area (Å²) in [4.78, 5) is 23.1. The Kier molecular flexibility index (Phi) is 6.18. The van der Waals surface area contributed by atoms with Gasteiger partial charge in [0.1, 0.15) is 5.75 Å². The molecule has 1 aromatic rings. The van der Waals surface area contributed by atoms with Crippen LogP contribution in [0.3, 0.4) is 0 Å². The Morgan fingerprint density at radius 1 is 1.21 bits per heavy atom. The highest BCUT2D eigenvalue weighted by atomic mass is 16.5. The Morgan fingerprint density at radius 3 is 2.54 bits per heavy atom. The van der Waals surface area contributed by atoms with Gasteiger partial charge in [0.2, 0.25) is 0 Å².